The van der Waals surface area contributed by atoms with Crippen molar-refractivity contribution in [3.05, 3.63) is 121 Å². The molecule has 0 aliphatic carbocycles. The van der Waals surface area contributed by atoms with Crippen LogP contribution in [0.5, 0.6) is 0 Å². The van der Waals surface area contributed by atoms with Gasteiger partial charge in [0.05, 0.1) is 0 Å². The predicted molar refractivity (Wildman–Crippen MR) is 119 cm³/mol. The van der Waals surface area contributed by atoms with Crippen molar-refractivity contribution < 1.29 is 0 Å². The molecular weight excluding hydrogens is 345 g/mol. The summed E-state index contributed by atoms with van der Waals surface area (Å²) in [5.74, 6) is 0. The Morgan fingerprint density at radius 2 is 0.778 bits per heavy atom. The van der Waals surface area contributed by atoms with Crippen LogP contribution in [0.2, 0.25) is 0 Å². The maximum Gasteiger partial charge on any atom is 0.144 e. The van der Waals surface area contributed by atoms with Crippen LogP contribution < -0.4 is 27.0 Å². The Bertz CT molecular complexity index is 884. The molecule has 1 nitrogen and oxygen atoms in total. The summed E-state index contributed by atoms with van der Waals surface area (Å²) in [4.78, 5) is 0. The molecule has 0 spiro atoms. The summed E-state index contributed by atoms with van der Waals surface area (Å²) in [6, 6.07) is 41.6. The highest BCUT2D eigenvalue weighted by Crippen LogP contribution is 2.54. The second kappa shape index (κ2) is 7.88. The molecule has 0 heterocycles. The van der Waals surface area contributed by atoms with Gasteiger partial charge in [-0.15, -0.1) is 0 Å². The van der Waals surface area contributed by atoms with E-state index in [0.29, 0.717) is 6.54 Å². The van der Waals surface area contributed by atoms with Gasteiger partial charge >= 0.3 is 0 Å². The summed E-state index contributed by atoms with van der Waals surface area (Å²) in [6.07, 6.45) is 0. The number of hydrogen-bond acceptors (Lipinski definition) is 1. The minimum absolute atomic E-state index is 0.563. The number of nitrogens with two attached hydrogens (primary N) is 1. The van der Waals surface area contributed by atoms with E-state index in [2.05, 4.69) is 115 Å². The van der Waals surface area contributed by atoms with E-state index in [1.54, 1.807) is 0 Å². The molecule has 0 unspecified atom stereocenters. The predicted octanol–water partition coefficient (Wildman–Crippen LogP) is 3.76. The quantitative estimate of drug-likeness (QED) is 0.533. The van der Waals surface area contributed by atoms with Crippen molar-refractivity contribution in [2.45, 2.75) is 6.54 Å². The first kappa shape index (κ1) is 17.7. The molecule has 0 fully saturated rings. The molecule has 4 aromatic rings. The van der Waals surface area contributed by atoms with E-state index < -0.39 is 7.26 Å². The minimum atomic E-state index is -1.98. The van der Waals surface area contributed by atoms with Crippen molar-refractivity contribution >= 4 is 28.5 Å². The number of rotatable bonds is 5. The Morgan fingerprint density at radius 1 is 0.444 bits per heavy atom. The van der Waals surface area contributed by atoms with Crippen LogP contribution in [0.1, 0.15) is 5.56 Å². The lowest BCUT2D eigenvalue weighted by atomic mass is 10.2. The van der Waals surface area contributed by atoms with Crippen molar-refractivity contribution in [3.8, 4) is 0 Å². The molecule has 0 amide bonds. The van der Waals surface area contributed by atoms with Gasteiger partial charge in [0.1, 0.15) is 28.5 Å². The molecule has 0 radical (unpaired) electrons. The SMILES string of the molecule is NCc1ccc([P+](c2ccccc2)(c2ccccc2)c2ccccc2)cc1. The van der Waals surface area contributed by atoms with Crippen LogP contribution in [0.3, 0.4) is 0 Å². The van der Waals surface area contributed by atoms with Gasteiger partial charge in [0.2, 0.25) is 0 Å². The Balaban J connectivity index is 2.09. The molecular formula is C25H23NP+. The average Bonchev–Trinajstić information content (AvgIpc) is 2.77. The zero-order chi connectivity index (χ0) is 18.5. The molecule has 27 heavy (non-hydrogen) atoms. The van der Waals surface area contributed by atoms with Crippen LogP contribution in [-0.2, 0) is 6.54 Å². The molecule has 2 N–H and O–H groups in total. The summed E-state index contributed by atoms with van der Waals surface area (Å²) in [5, 5.41) is 5.44. The summed E-state index contributed by atoms with van der Waals surface area (Å²) in [6.45, 7) is 0.563. The lowest BCUT2D eigenvalue weighted by Gasteiger charge is -2.27. The molecule has 0 aromatic heterocycles. The average molecular weight is 368 g/mol. The van der Waals surface area contributed by atoms with Crippen molar-refractivity contribution in [1.82, 2.24) is 0 Å². The van der Waals surface area contributed by atoms with Gasteiger partial charge in [-0.25, -0.2) is 0 Å². The fourth-order valence-electron chi connectivity index (χ4n) is 3.70. The topological polar surface area (TPSA) is 26.0 Å². The highest BCUT2D eigenvalue weighted by atomic mass is 31.2. The third-order valence-corrected chi connectivity index (χ3v) is 9.28. The molecule has 4 rings (SSSR count). The van der Waals surface area contributed by atoms with Gasteiger partial charge in [-0.3, -0.25) is 0 Å². The normalized spacial score (nSPS) is 11.3. The molecule has 0 aliphatic rings. The largest absolute Gasteiger partial charge is 0.326 e. The van der Waals surface area contributed by atoms with Crippen LogP contribution in [0.4, 0.5) is 0 Å². The monoisotopic (exact) mass is 368 g/mol. The second-order valence-electron chi connectivity index (χ2n) is 6.55. The Kier molecular flexibility index (Phi) is 5.16. The van der Waals surface area contributed by atoms with Crippen molar-refractivity contribution in [2.24, 2.45) is 5.73 Å². The van der Waals surface area contributed by atoms with Crippen molar-refractivity contribution in [2.75, 3.05) is 0 Å². The lowest BCUT2D eigenvalue weighted by Crippen LogP contribution is -2.38. The van der Waals surface area contributed by atoms with Crippen LogP contribution in [0.25, 0.3) is 0 Å². The highest BCUT2D eigenvalue weighted by Gasteiger charge is 2.47. The fourth-order valence-corrected chi connectivity index (χ4v) is 7.95. The van der Waals surface area contributed by atoms with Gasteiger partial charge in [0, 0.05) is 6.54 Å². The van der Waals surface area contributed by atoms with Gasteiger partial charge < -0.3 is 5.73 Å². The first-order chi connectivity index (χ1) is 13.4. The van der Waals surface area contributed by atoms with Crippen molar-refractivity contribution in [1.29, 1.82) is 0 Å². The zero-order valence-corrected chi connectivity index (χ0v) is 16.1. The third kappa shape index (κ3) is 3.21. The van der Waals surface area contributed by atoms with E-state index in [1.807, 2.05) is 0 Å². The Hall–Kier alpha value is -2.73. The molecule has 0 aliphatic heterocycles. The van der Waals surface area contributed by atoms with Gasteiger partial charge in [-0.1, -0.05) is 66.7 Å². The highest BCUT2D eigenvalue weighted by molar-refractivity contribution is 8.01. The van der Waals surface area contributed by atoms with Crippen LogP contribution in [0.15, 0.2) is 115 Å². The zero-order valence-electron chi connectivity index (χ0n) is 15.2. The smallest absolute Gasteiger partial charge is 0.144 e. The maximum absolute atomic E-state index is 5.85. The standard InChI is InChI=1S/C25H23NP/c26-20-21-16-18-25(19-17-21)27(22-10-4-1-5-11-22,23-12-6-2-7-13-23)24-14-8-3-9-15-24/h1-19H,20,26H2/q+1. The minimum Gasteiger partial charge on any atom is -0.326 e. The first-order valence-corrected chi connectivity index (χ1v) is 11.0. The van der Waals surface area contributed by atoms with Crippen LogP contribution in [-0.4, -0.2) is 0 Å². The molecule has 2 heteroatoms. The second-order valence-corrected chi connectivity index (χ2v) is 9.96. The Labute approximate surface area is 161 Å². The first-order valence-electron chi connectivity index (χ1n) is 9.21. The summed E-state index contributed by atoms with van der Waals surface area (Å²) in [7, 11) is -1.98. The van der Waals surface area contributed by atoms with Gasteiger partial charge in [0.25, 0.3) is 0 Å². The van der Waals surface area contributed by atoms with Gasteiger partial charge in [-0.2, -0.15) is 0 Å². The van der Waals surface area contributed by atoms with Gasteiger partial charge in [0.15, 0.2) is 0 Å². The summed E-state index contributed by atoms with van der Waals surface area (Å²) < 4.78 is 0. The lowest BCUT2D eigenvalue weighted by molar-refractivity contribution is 1.07. The van der Waals surface area contributed by atoms with Crippen LogP contribution in [0, 0.1) is 0 Å². The van der Waals surface area contributed by atoms with E-state index >= 15 is 0 Å². The molecule has 0 bridgehead atoms. The van der Waals surface area contributed by atoms with E-state index in [4.69, 9.17) is 5.73 Å². The third-order valence-electron chi connectivity index (χ3n) is 4.99. The Morgan fingerprint density at radius 3 is 1.11 bits per heavy atom. The molecule has 0 atom stereocenters. The summed E-state index contributed by atoms with van der Waals surface area (Å²) >= 11 is 0. The number of benzene rings is 4. The fraction of sp³-hybridized carbons (Fsp3) is 0.0400. The van der Waals surface area contributed by atoms with Crippen LogP contribution >= 0.6 is 7.26 Å². The molecule has 0 saturated carbocycles. The van der Waals surface area contributed by atoms with E-state index in [1.165, 1.54) is 21.2 Å². The molecule has 4 aromatic carbocycles. The van der Waals surface area contributed by atoms with E-state index in [9.17, 15) is 0 Å². The molecule has 132 valence electrons. The maximum atomic E-state index is 5.85. The number of hydrogen-bond donors (Lipinski definition) is 1. The summed E-state index contributed by atoms with van der Waals surface area (Å²) in [5.41, 5.74) is 7.01. The molecule has 0 saturated heterocycles. The van der Waals surface area contributed by atoms with Gasteiger partial charge in [-0.05, 0) is 54.1 Å². The van der Waals surface area contributed by atoms with E-state index in [0.717, 1.165) is 5.56 Å². The van der Waals surface area contributed by atoms with E-state index in [-0.39, 0.29) is 0 Å². The van der Waals surface area contributed by atoms with Crippen molar-refractivity contribution in [3.63, 3.8) is 0 Å².